The molecule has 1 aliphatic rings. The number of alkyl halides is 2. The smallest absolute Gasteiger partial charge is 0.341 e. The second-order valence-corrected chi connectivity index (χ2v) is 6.25. The number of carbonyl (C=O) groups is 2. The highest BCUT2D eigenvalue weighted by molar-refractivity contribution is 7.99. The van der Waals surface area contributed by atoms with Crippen LogP contribution in [-0.2, 0) is 9.53 Å². The van der Waals surface area contributed by atoms with Crippen molar-refractivity contribution in [3.63, 3.8) is 0 Å². The molecule has 1 atom stereocenters. The van der Waals surface area contributed by atoms with Crippen LogP contribution in [-0.4, -0.2) is 34.8 Å². The molecule has 126 valence electrons. The van der Waals surface area contributed by atoms with Crippen molar-refractivity contribution >= 4 is 23.6 Å². The molecule has 1 amide bonds. The third-order valence-electron chi connectivity index (χ3n) is 3.55. The fourth-order valence-corrected chi connectivity index (χ4v) is 2.96. The van der Waals surface area contributed by atoms with Crippen LogP contribution in [0.2, 0.25) is 0 Å². The number of pyridine rings is 1. The number of aromatic nitrogens is 1. The second kappa shape index (κ2) is 8.24. The Labute approximate surface area is 137 Å². The van der Waals surface area contributed by atoms with Crippen LogP contribution in [0.3, 0.4) is 0 Å². The molecule has 0 aromatic carbocycles. The lowest BCUT2D eigenvalue weighted by Crippen LogP contribution is -2.40. The van der Waals surface area contributed by atoms with Crippen LogP contribution in [0.4, 0.5) is 8.78 Å². The van der Waals surface area contributed by atoms with Crippen molar-refractivity contribution in [1.82, 2.24) is 10.3 Å². The summed E-state index contributed by atoms with van der Waals surface area (Å²) in [5, 5.41) is 2.71. The molecule has 0 radical (unpaired) electrons. The van der Waals surface area contributed by atoms with Gasteiger partial charge in [0.1, 0.15) is 5.03 Å². The van der Waals surface area contributed by atoms with E-state index in [-0.39, 0.29) is 34.3 Å². The van der Waals surface area contributed by atoms with E-state index in [1.807, 2.05) is 0 Å². The standard InChI is InChI=1S/C15H18F2N2O3S/c1-9(12(20)19-10-5-2-3-6-10)22-14(21)11-7-4-8-18-13(11)23-15(16)17/h4,7-10,15H,2-3,5-6H2,1H3,(H,19,20)/t9-/m0/s1. The van der Waals surface area contributed by atoms with E-state index >= 15 is 0 Å². The molecular formula is C15H18F2N2O3S. The number of thioether (sulfide) groups is 1. The van der Waals surface area contributed by atoms with Gasteiger partial charge in [-0.1, -0.05) is 12.8 Å². The highest BCUT2D eigenvalue weighted by atomic mass is 32.2. The van der Waals surface area contributed by atoms with Crippen molar-refractivity contribution in [1.29, 1.82) is 0 Å². The van der Waals surface area contributed by atoms with E-state index < -0.39 is 17.8 Å². The molecule has 5 nitrogen and oxygen atoms in total. The summed E-state index contributed by atoms with van der Waals surface area (Å²) in [7, 11) is 0. The Balaban J connectivity index is 1.96. The molecule has 2 rings (SSSR count). The van der Waals surface area contributed by atoms with E-state index in [0.29, 0.717) is 0 Å². The van der Waals surface area contributed by atoms with Gasteiger partial charge in [0.2, 0.25) is 0 Å². The summed E-state index contributed by atoms with van der Waals surface area (Å²) >= 11 is 0.169. The first kappa shape index (κ1) is 17.7. The normalized spacial score (nSPS) is 16.3. The number of amides is 1. The molecule has 0 saturated heterocycles. The van der Waals surface area contributed by atoms with Crippen molar-refractivity contribution < 1.29 is 23.1 Å². The summed E-state index contributed by atoms with van der Waals surface area (Å²) in [6.45, 7) is 1.46. The van der Waals surface area contributed by atoms with E-state index in [1.54, 1.807) is 0 Å². The summed E-state index contributed by atoms with van der Waals surface area (Å²) in [4.78, 5) is 27.9. The minimum Gasteiger partial charge on any atom is -0.449 e. The van der Waals surface area contributed by atoms with E-state index in [1.165, 1.54) is 25.3 Å². The molecule has 0 bridgehead atoms. The van der Waals surface area contributed by atoms with Crippen molar-refractivity contribution in [3.8, 4) is 0 Å². The summed E-state index contributed by atoms with van der Waals surface area (Å²) in [6, 6.07) is 2.92. The van der Waals surface area contributed by atoms with Crippen LogP contribution in [0.1, 0.15) is 43.0 Å². The molecule has 1 saturated carbocycles. The Morgan fingerprint density at radius 2 is 2.09 bits per heavy atom. The van der Waals surface area contributed by atoms with E-state index in [2.05, 4.69) is 10.3 Å². The maximum atomic E-state index is 12.5. The number of hydrogen-bond donors (Lipinski definition) is 1. The van der Waals surface area contributed by atoms with Crippen LogP contribution in [0.15, 0.2) is 23.4 Å². The molecule has 1 aliphatic carbocycles. The zero-order chi connectivity index (χ0) is 16.8. The van der Waals surface area contributed by atoms with Gasteiger partial charge in [0.25, 0.3) is 11.7 Å². The number of ether oxygens (including phenoxy) is 1. The zero-order valence-electron chi connectivity index (χ0n) is 12.6. The number of carbonyl (C=O) groups excluding carboxylic acids is 2. The van der Waals surface area contributed by atoms with E-state index in [0.717, 1.165) is 25.7 Å². The Morgan fingerprint density at radius 3 is 2.74 bits per heavy atom. The second-order valence-electron chi connectivity index (χ2n) is 5.27. The monoisotopic (exact) mass is 344 g/mol. The van der Waals surface area contributed by atoms with Crippen molar-refractivity contribution in [2.24, 2.45) is 0 Å². The molecule has 0 aliphatic heterocycles. The number of rotatable bonds is 6. The predicted molar refractivity (Wildman–Crippen MR) is 81.4 cm³/mol. The van der Waals surface area contributed by atoms with Crippen LogP contribution in [0, 0.1) is 0 Å². The Bertz CT molecular complexity index is 565. The lowest BCUT2D eigenvalue weighted by molar-refractivity contribution is -0.129. The van der Waals surface area contributed by atoms with Crippen LogP contribution in [0.25, 0.3) is 0 Å². The van der Waals surface area contributed by atoms with Crippen molar-refractivity contribution in [2.75, 3.05) is 0 Å². The number of nitrogens with zero attached hydrogens (tertiary/aromatic N) is 1. The van der Waals surface area contributed by atoms with Gasteiger partial charge in [-0.2, -0.15) is 8.78 Å². The third kappa shape index (κ3) is 5.16. The Morgan fingerprint density at radius 1 is 1.39 bits per heavy atom. The number of nitrogens with one attached hydrogen (secondary N) is 1. The minimum absolute atomic E-state index is 0.0710. The molecule has 1 aromatic rings. The van der Waals surface area contributed by atoms with Crippen molar-refractivity contribution in [3.05, 3.63) is 23.9 Å². The van der Waals surface area contributed by atoms with Crippen LogP contribution in [0.5, 0.6) is 0 Å². The Kier molecular flexibility index (Phi) is 6.32. The van der Waals surface area contributed by atoms with Gasteiger partial charge in [-0.25, -0.2) is 9.78 Å². The van der Waals surface area contributed by atoms with Crippen molar-refractivity contribution in [2.45, 2.75) is 55.5 Å². The summed E-state index contributed by atoms with van der Waals surface area (Å²) in [5.74, 6) is -3.91. The highest BCUT2D eigenvalue weighted by Gasteiger charge is 2.25. The third-order valence-corrected chi connectivity index (χ3v) is 4.27. The van der Waals surface area contributed by atoms with Crippen LogP contribution >= 0.6 is 11.8 Å². The molecule has 8 heteroatoms. The van der Waals surface area contributed by atoms with E-state index in [4.69, 9.17) is 4.74 Å². The molecule has 23 heavy (non-hydrogen) atoms. The average molecular weight is 344 g/mol. The fraction of sp³-hybridized carbons (Fsp3) is 0.533. The quantitative estimate of drug-likeness (QED) is 0.635. The summed E-state index contributed by atoms with van der Waals surface area (Å²) in [5.41, 5.74) is -0.0710. The number of hydrogen-bond acceptors (Lipinski definition) is 5. The van der Waals surface area contributed by atoms with Gasteiger partial charge in [0.05, 0.1) is 5.56 Å². The zero-order valence-corrected chi connectivity index (χ0v) is 13.4. The minimum atomic E-state index is -2.69. The van der Waals surface area contributed by atoms with Gasteiger partial charge < -0.3 is 10.1 Å². The largest absolute Gasteiger partial charge is 0.449 e. The maximum Gasteiger partial charge on any atom is 0.341 e. The molecule has 1 heterocycles. The number of halogens is 2. The topological polar surface area (TPSA) is 68.3 Å². The fourth-order valence-electron chi connectivity index (χ4n) is 2.39. The van der Waals surface area contributed by atoms with Gasteiger partial charge in [-0.05, 0) is 43.7 Å². The van der Waals surface area contributed by atoms with Gasteiger partial charge in [-0.3, -0.25) is 4.79 Å². The van der Waals surface area contributed by atoms with Crippen LogP contribution < -0.4 is 5.32 Å². The maximum absolute atomic E-state index is 12.5. The average Bonchev–Trinajstić information content (AvgIpc) is 2.99. The SMILES string of the molecule is C[C@H](OC(=O)c1cccnc1SC(F)F)C(=O)NC1CCCC1. The first-order chi connectivity index (χ1) is 11.0. The number of esters is 1. The lowest BCUT2D eigenvalue weighted by atomic mass is 10.2. The summed E-state index contributed by atoms with van der Waals surface area (Å²) < 4.78 is 30.1. The molecule has 0 spiro atoms. The molecular weight excluding hydrogens is 326 g/mol. The summed E-state index contributed by atoms with van der Waals surface area (Å²) in [6.07, 6.45) is 4.31. The molecule has 1 N–H and O–H groups in total. The highest BCUT2D eigenvalue weighted by Crippen LogP contribution is 2.27. The molecule has 0 unspecified atom stereocenters. The predicted octanol–water partition coefficient (Wildman–Crippen LogP) is 3.00. The first-order valence-electron chi connectivity index (χ1n) is 7.38. The van der Waals surface area contributed by atoms with Gasteiger partial charge in [0.15, 0.2) is 6.10 Å². The van der Waals surface area contributed by atoms with Gasteiger partial charge in [0, 0.05) is 12.2 Å². The molecule has 1 fully saturated rings. The Hall–Kier alpha value is -1.70. The first-order valence-corrected chi connectivity index (χ1v) is 8.26. The van der Waals surface area contributed by atoms with E-state index in [9.17, 15) is 18.4 Å². The van der Waals surface area contributed by atoms with Gasteiger partial charge >= 0.3 is 5.97 Å². The lowest BCUT2D eigenvalue weighted by Gasteiger charge is -2.17. The molecule has 1 aromatic heterocycles. The van der Waals surface area contributed by atoms with Gasteiger partial charge in [-0.15, -0.1) is 0 Å².